The molecule has 0 spiro atoms. The maximum atomic E-state index is 12.1. The van der Waals surface area contributed by atoms with Crippen LogP contribution in [0.4, 0.5) is 17.5 Å². The number of rotatable bonds is 6. The first kappa shape index (κ1) is 23.1. The third-order valence-electron chi connectivity index (χ3n) is 4.67. The lowest BCUT2D eigenvalue weighted by atomic mass is 10.1. The molecule has 1 aliphatic rings. The van der Waals surface area contributed by atoms with E-state index in [4.69, 9.17) is 14.5 Å². The highest BCUT2D eigenvalue weighted by Gasteiger charge is 2.20. The Morgan fingerprint density at radius 2 is 1.88 bits per heavy atom. The van der Waals surface area contributed by atoms with Gasteiger partial charge < -0.3 is 19.7 Å². The summed E-state index contributed by atoms with van der Waals surface area (Å²) in [6.45, 7) is 8.79. The van der Waals surface area contributed by atoms with Crippen molar-refractivity contribution in [1.29, 1.82) is 0 Å². The number of hydrogen-bond acceptors (Lipinski definition) is 8. The first-order valence-corrected chi connectivity index (χ1v) is 10.9. The van der Waals surface area contributed by atoms with Crippen molar-refractivity contribution in [2.75, 3.05) is 43.1 Å². The molecule has 32 heavy (non-hydrogen) atoms. The molecule has 8 heteroatoms. The fourth-order valence-corrected chi connectivity index (χ4v) is 3.22. The molecule has 0 aliphatic carbocycles. The van der Waals surface area contributed by atoms with Gasteiger partial charge in [0, 0.05) is 48.5 Å². The summed E-state index contributed by atoms with van der Waals surface area (Å²) >= 11 is 0. The van der Waals surface area contributed by atoms with Gasteiger partial charge in [-0.2, -0.15) is 4.98 Å². The number of ether oxygens (including phenoxy) is 2. The highest BCUT2D eigenvalue weighted by Crippen LogP contribution is 2.31. The molecule has 8 nitrogen and oxygen atoms in total. The third-order valence-corrected chi connectivity index (χ3v) is 4.67. The van der Waals surface area contributed by atoms with Crippen LogP contribution in [-0.4, -0.2) is 53.8 Å². The predicted octanol–water partition coefficient (Wildman–Crippen LogP) is 4.32. The summed E-state index contributed by atoms with van der Waals surface area (Å²) in [4.78, 5) is 27.8. The smallest absolute Gasteiger partial charge is 0.339 e. The molecular weight excluding hydrogens is 406 g/mol. The molecule has 1 N–H and O–H groups in total. The molecule has 3 heterocycles. The molecule has 1 fully saturated rings. The molecule has 0 saturated carbocycles. The number of nitrogens with one attached hydrogen (secondary N) is 1. The van der Waals surface area contributed by atoms with Crippen molar-refractivity contribution >= 4 is 23.4 Å². The highest BCUT2D eigenvalue weighted by molar-refractivity contribution is 5.91. The van der Waals surface area contributed by atoms with E-state index in [1.165, 1.54) is 6.20 Å². The maximum absolute atomic E-state index is 12.1. The van der Waals surface area contributed by atoms with Crippen molar-refractivity contribution in [2.24, 2.45) is 0 Å². The Morgan fingerprint density at radius 1 is 1.12 bits per heavy atom. The van der Waals surface area contributed by atoms with Crippen molar-refractivity contribution in [3.63, 3.8) is 0 Å². The molecule has 0 radical (unpaired) electrons. The summed E-state index contributed by atoms with van der Waals surface area (Å²) in [7, 11) is 0. The van der Waals surface area contributed by atoms with E-state index in [9.17, 15) is 4.79 Å². The van der Waals surface area contributed by atoms with Gasteiger partial charge in [-0.05, 0) is 25.1 Å². The summed E-state index contributed by atoms with van der Waals surface area (Å²) in [6.07, 6.45) is 4.97. The summed E-state index contributed by atoms with van der Waals surface area (Å²) in [6, 6.07) is 11.5. The number of anilines is 3. The van der Waals surface area contributed by atoms with Crippen LogP contribution >= 0.6 is 0 Å². The van der Waals surface area contributed by atoms with Gasteiger partial charge in [-0.25, -0.2) is 9.78 Å². The minimum atomic E-state index is -0.400. The molecule has 0 amide bonds. The molecule has 4 rings (SSSR count). The highest BCUT2D eigenvalue weighted by atomic mass is 16.5. The van der Waals surface area contributed by atoms with Crippen molar-refractivity contribution in [3.8, 4) is 11.1 Å². The van der Waals surface area contributed by atoms with Crippen LogP contribution in [0.3, 0.4) is 0 Å². The van der Waals surface area contributed by atoms with Gasteiger partial charge in [-0.3, -0.25) is 4.98 Å². The van der Waals surface area contributed by atoms with Gasteiger partial charge in [0.05, 0.1) is 25.4 Å². The predicted molar refractivity (Wildman–Crippen MR) is 125 cm³/mol. The Labute approximate surface area is 188 Å². The van der Waals surface area contributed by atoms with E-state index in [0.29, 0.717) is 31.3 Å². The van der Waals surface area contributed by atoms with Crippen molar-refractivity contribution in [3.05, 3.63) is 60.6 Å². The van der Waals surface area contributed by atoms with Gasteiger partial charge in [0.25, 0.3) is 0 Å². The number of benzene rings is 1. The second-order valence-electron chi connectivity index (χ2n) is 6.70. The zero-order valence-corrected chi connectivity index (χ0v) is 18.7. The van der Waals surface area contributed by atoms with Crippen LogP contribution in [0.2, 0.25) is 0 Å². The number of pyridine rings is 1. The van der Waals surface area contributed by atoms with Gasteiger partial charge in [0.15, 0.2) is 0 Å². The molecule has 1 saturated heterocycles. The molecule has 0 bridgehead atoms. The van der Waals surface area contributed by atoms with Gasteiger partial charge in [0.1, 0.15) is 5.82 Å². The van der Waals surface area contributed by atoms with E-state index in [1.807, 2.05) is 44.2 Å². The molecular formula is C24H29N5O3. The zero-order valence-electron chi connectivity index (χ0n) is 18.7. The minimum absolute atomic E-state index is 0.311. The van der Waals surface area contributed by atoms with Gasteiger partial charge >= 0.3 is 5.97 Å². The fraction of sp³-hybridized carbons (Fsp3) is 0.333. The molecule has 0 unspecified atom stereocenters. The second-order valence-corrected chi connectivity index (χ2v) is 6.70. The van der Waals surface area contributed by atoms with Crippen LogP contribution in [-0.2, 0) is 9.47 Å². The summed E-state index contributed by atoms with van der Waals surface area (Å²) < 4.78 is 10.6. The van der Waals surface area contributed by atoms with Crippen molar-refractivity contribution in [1.82, 2.24) is 15.0 Å². The zero-order chi connectivity index (χ0) is 22.8. The average Bonchev–Trinajstić information content (AvgIpc) is 2.87. The Kier molecular flexibility index (Phi) is 8.51. The van der Waals surface area contributed by atoms with E-state index < -0.39 is 5.97 Å². The van der Waals surface area contributed by atoms with Crippen LogP contribution in [0.15, 0.2) is 55.0 Å². The van der Waals surface area contributed by atoms with Crippen LogP contribution in [0.5, 0.6) is 0 Å². The maximum Gasteiger partial charge on any atom is 0.339 e. The second kappa shape index (κ2) is 11.8. The largest absolute Gasteiger partial charge is 0.462 e. The number of nitrogens with zero attached hydrogens (tertiary/aromatic N) is 4. The summed E-state index contributed by atoms with van der Waals surface area (Å²) in [5, 5.41) is 3.24. The number of hydrogen-bond donors (Lipinski definition) is 1. The molecule has 3 aromatic rings. The number of carbonyl (C=O) groups is 1. The van der Waals surface area contributed by atoms with E-state index in [-0.39, 0.29) is 0 Å². The first-order valence-electron chi connectivity index (χ1n) is 10.9. The summed E-state index contributed by atoms with van der Waals surface area (Å²) in [5.41, 5.74) is 2.86. The normalized spacial score (nSPS) is 13.0. The van der Waals surface area contributed by atoms with E-state index >= 15 is 0 Å². The average molecular weight is 436 g/mol. The quantitative estimate of drug-likeness (QED) is 0.573. The molecule has 1 aromatic carbocycles. The van der Waals surface area contributed by atoms with Crippen molar-refractivity contribution in [2.45, 2.75) is 20.8 Å². The van der Waals surface area contributed by atoms with Crippen LogP contribution < -0.4 is 10.2 Å². The lowest BCUT2D eigenvalue weighted by Crippen LogP contribution is -2.37. The Morgan fingerprint density at radius 3 is 2.59 bits per heavy atom. The Hall–Kier alpha value is -3.52. The number of morpholine rings is 1. The Balaban J connectivity index is 0.00000141. The molecule has 0 atom stereocenters. The monoisotopic (exact) mass is 435 g/mol. The van der Waals surface area contributed by atoms with E-state index in [1.54, 1.807) is 25.4 Å². The van der Waals surface area contributed by atoms with Gasteiger partial charge in [-0.15, -0.1) is 0 Å². The fourth-order valence-electron chi connectivity index (χ4n) is 3.22. The minimum Gasteiger partial charge on any atom is -0.462 e. The van der Waals surface area contributed by atoms with E-state index in [0.717, 1.165) is 35.7 Å². The third kappa shape index (κ3) is 5.79. The van der Waals surface area contributed by atoms with Gasteiger partial charge in [-0.1, -0.05) is 32.0 Å². The van der Waals surface area contributed by atoms with Crippen LogP contribution in [0.25, 0.3) is 11.1 Å². The topological polar surface area (TPSA) is 89.5 Å². The number of para-hydroxylation sites is 1. The molecule has 1 aliphatic heterocycles. The lowest BCUT2D eigenvalue weighted by Gasteiger charge is -2.29. The van der Waals surface area contributed by atoms with Gasteiger partial charge in [0.2, 0.25) is 5.95 Å². The number of carbonyl (C=O) groups excluding carboxylic acids is 1. The van der Waals surface area contributed by atoms with Crippen LogP contribution in [0, 0.1) is 0 Å². The SMILES string of the molecule is CC.CCOC(=O)c1cncc(-c2cnc(Nc3ccccc3)nc2N2CCOCC2)c1. The standard InChI is InChI=1S/C22H23N5O3.C2H6/c1-2-30-21(28)17-12-16(13-23-14-17)19-15-24-22(25-18-6-4-3-5-7-18)26-20(19)27-8-10-29-11-9-27;1-2/h3-7,12-15H,2,8-11H2,1H3,(H,24,25,26);1-2H3. The molecule has 168 valence electrons. The van der Waals surface area contributed by atoms with E-state index in [2.05, 4.69) is 20.2 Å². The first-order chi connectivity index (χ1) is 15.7. The number of esters is 1. The van der Waals surface area contributed by atoms with Crippen molar-refractivity contribution < 1.29 is 14.3 Å². The van der Waals surface area contributed by atoms with Crippen LogP contribution in [0.1, 0.15) is 31.1 Å². The lowest BCUT2D eigenvalue weighted by molar-refractivity contribution is 0.0526. The Bertz CT molecular complexity index is 1010. The number of aromatic nitrogens is 3. The molecule has 2 aromatic heterocycles. The summed E-state index contributed by atoms with van der Waals surface area (Å²) in [5.74, 6) is 0.874.